The average Bonchev–Trinajstić information content (AvgIpc) is 2.96. The molecule has 0 radical (unpaired) electrons. The summed E-state index contributed by atoms with van der Waals surface area (Å²) >= 11 is 0. The number of furan rings is 1. The minimum atomic E-state index is 0.859. The number of rotatable bonds is 8. The van der Waals surface area contributed by atoms with Gasteiger partial charge in [0.15, 0.2) is 0 Å². The van der Waals surface area contributed by atoms with Gasteiger partial charge < -0.3 is 9.73 Å². The zero-order valence-corrected chi connectivity index (χ0v) is 11.4. The predicted octanol–water partition coefficient (Wildman–Crippen LogP) is 2.29. The molecular formula is C15H21N3O. The fraction of sp³-hybridized carbons (Fsp3) is 0.400. The van der Waals surface area contributed by atoms with Crippen molar-refractivity contribution in [3.8, 4) is 0 Å². The van der Waals surface area contributed by atoms with Gasteiger partial charge in [-0.15, -0.1) is 0 Å². The number of likely N-dealkylation sites (N-methyl/N-ethyl adjacent to an activating group) is 1. The smallest absolute Gasteiger partial charge is 0.0947 e. The van der Waals surface area contributed by atoms with Gasteiger partial charge in [0.1, 0.15) is 0 Å². The first kappa shape index (κ1) is 13.8. The fourth-order valence-corrected chi connectivity index (χ4v) is 1.93. The van der Waals surface area contributed by atoms with E-state index in [1.54, 1.807) is 12.5 Å². The number of hydrogen-bond donors (Lipinski definition) is 1. The fourth-order valence-electron chi connectivity index (χ4n) is 1.93. The highest BCUT2D eigenvalue weighted by Gasteiger charge is 2.04. The molecular weight excluding hydrogens is 238 g/mol. The molecule has 0 spiro atoms. The molecule has 2 aromatic heterocycles. The highest BCUT2D eigenvalue weighted by molar-refractivity contribution is 5.04. The molecule has 0 unspecified atom stereocenters. The minimum absolute atomic E-state index is 0.859. The third-order valence-electron chi connectivity index (χ3n) is 3.07. The van der Waals surface area contributed by atoms with Crippen molar-refractivity contribution in [2.75, 3.05) is 19.6 Å². The first-order valence-electron chi connectivity index (χ1n) is 6.72. The van der Waals surface area contributed by atoms with Crippen molar-refractivity contribution in [1.29, 1.82) is 0 Å². The molecule has 0 aliphatic heterocycles. The lowest BCUT2D eigenvalue weighted by Crippen LogP contribution is -2.31. The second-order valence-corrected chi connectivity index (χ2v) is 4.50. The van der Waals surface area contributed by atoms with Gasteiger partial charge in [0.2, 0.25) is 0 Å². The van der Waals surface area contributed by atoms with Crippen LogP contribution in [0.25, 0.3) is 0 Å². The summed E-state index contributed by atoms with van der Waals surface area (Å²) in [6.45, 7) is 6.96. The molecule has 2 aromatic rings. The molecule has 0 saturated carbocycles. The van der Waals surface area contributed by atoms with E-state index in [0.29, 0.717) is 0 Å². The molecule has 0 fully saturated rings. The van der Waals surface area contributed by atoms with E-state index in [-0.39, 0.29) is 0 Å². The molecule has 0 amide bonds. The van der Waals surface area contributed by atoms with Crippen molar-refractivity contribution >= 4 is 0 Å². The molecule has 102 valence electrons. The van der Waals surface area contributed by atoms with Gasteiger partial charge in [0.05, 0.1) is 18.2 Å². The van der Waals surface area contributed by atoms with Crippen LogP contribution in [-0.2, 0) is 13.1 Å². The lowest BCUT2D eigenvalue weighted by atomic mass is 10.3. The van der Waals surface area contributed by atoms with E-state index in [1.807, 2.05) is 24.4 Å². The molecule has 4 heteroatoms. The number of hydrogen-bond acceptors (Lipinski definition) is 4. The van der Waals surface area contributed by atoms with Gasteiger partial charge in [-0.25, -0.2) is 0 Å². The van der Waals surface area contributed by atoms with E-state index in [1.165, 1.54) is 5.56 Å². The van der Waals surface area contributed by atoms with Gasteiger partial charge in [0, 0.05) is 37.9 Å². The highest BCUT2D eigenvalue weighted by atomic mass is 16.3. The van der Waals surface area contributed by atoms with Gasteiger partial charge in [-0.2, -0.15) is 0 Å². The van der Waals surface area contributed by atoms with Crippen LogP contribution in [0.1, 0.15) is 18.2 Å². The van der Waals surface area contributed by atoms with Crippen LogP contribution < -0.4 is 5.32 Å². The lowest BCUT2D eigenvalue weighted by molar-refractivity contribution is 0.275. The molecule has 19 heavy (non-hydrogen) atoms. The van der Waals surface area contributed by atoms with Crippen LogP contribution in [0.5, 0.6) is 0 Å². The van der Waals surface area contributed by atoms with Gasteiger partial charge in [-0.1, -0.05) is 13.0 Å². The van der Waals surface area contributed by atoms with Crippen LogP contribution in [0, 0.1) is 0 Å². The molecule has 2 rings (SSSR count). The summed E-state index contributed by atoms with van der Waals surface area (Å²) in [7, 11) is 0. The van der Waals surface area contributed by atoms with E-state index < -0.39 is 0 Å². The first-order valence-corrected chi connectivity index (χ1v) is 6.72. The van der Waals surface area contributed by atoms with Gasteiger partial charge in [-0.3, -0.25) is 9.88 Å². The number of pyridine rings is 1. The van der Waals surface area contributed by atoms with Crippen LogP contribution in [-0.4, -0.2) is 29.5 Å². The van der Waals surface area contributed by atoms with Crippen LogP contribution in [0.3, 0.4) is 0 Å². The Hall–Kier alpha value is -1.65. The zero-order chi connectivity index (χ0) is 13.3. The molecule has 0 aromatic carbocycles. The summed E-state index contributed by atoms with van der Waals surface area (Å²) in [6, 6.07) is 8.04. The first-order chi connectivity index (χ1) is 9.38. The monoisotopic (exact) mass is 259 g/mol. The molecule has 4 nitrogen and oxygen atoms in total. The normalized spacial score (nSPS) is 11.1. The van der Waals surface area contributed by atoms with Gasteiger partial charge in [0.25, 0.3) is 0 Å². The summed E-state index contributed by atoms with van der Waals surface area (Å²) in [4.78, 5) is 6.74. The largest absolute Gasteiger partial charge is 0.472 e. The Balaban J connectivity index is 1.68. The number of aromatic nitrogens is 1. The zero-order valence-electron chi connectivity index (χ0n) is 11.4. The maximum absolute atomic E-state index is 5.03. The third-order valence-corrected chi connectivity index (χ3v) is 3.07. The Morgan fingerprint density at radius 1 is 1.32 bits per heavy atom. The van der Waals surface area contributed by atoms with Crippen molar-refractivity contribution < 1.29 is 4.42 Å². The van der Waals surface area contributed by atoms with Gasteiger partial charge in [-0.05, 0) is 24.7 Å². The van der Waals surface area contributed by atoms with E-state index in [9.17, 15) is 0 Å². The molecule has 0 bridgehead atoms. The average molecular weight is 259 g/mol. The summed E-state index contributed by atoms with van der Waals surface area (Å²) in [5.74, 6) is 0. The summed E-state index contributed by atoms with van der Waals surface area (Å²) in [5.41, 5.74) is 2.31. The molecule has 0 aliphatic carbocycles. The SMILES string of the molecule is CCN(CCNCc1ccoc1)Cc1ccccn1. The van der Waals surface area contributed by atoms with Crippen LogP contribution in [0.2, 0.25) is 0 Å². The Kier molecular flexibility index (Phi) is 5.59. The topological polar surface area (TPSA) is 41.3 Å². The van der Waals surface area contributed by atoms with Crippen molar-refractivity contribution in [1.82, 2.24) is 15.2 Å². The van der Waals surface area contributed by atoms with E-state index in [4.69, 9.17) is 4.42 Å². The van der Waals surface area contributed by atoms with Crippen molar-refractivity contribution in [3.63, 3.8) is 0 Å². The van der Waals surface area contributed by atoms with Gasteiger partial charge >= 0.3 is 0 Å². The minimum Gasteiger partial charge on any atom is -0.472 e. The van der Waals surface area contributed by atoms with Crippen LogP contribution in [0.4, 0.5) is 0 Å². The predicted molar refractivity (Wildman–Crippen MR) is 75.6 cm³/mol. The second-order valence-electron chi connectivity index (χ2n) is 4.50. The quantitative estimate of drug-likeness (QED) is 0.739. The maximum Gasteiger partial charge on any atom is 0.0947 e. The summed E-state index contributed by atoms with van der Waals surface area (Å²) in [6.07, 6.45) is 5.33. The third kappa shape index (κ3) is 4.85. The lowest BCUT2D eigenvalue weighted by Gasteiger charge is -2.20. The Labute approximate surface area is 114 Å². The Bertz CT molecular complexity index is 442. The van der Waals surface area contributed by atoms with Crippen molar-refractivity contribution in [2.24, 2.45) is 0 Å². The standard InChI is InChI=1S/C15H21N3O/c1-2-18(12-15-5-3-4-7-17-15)9-8-16-11-14-6-10-19-13-14/h3-7,10,13,16H,2,8-9,11-12H2,1H3. The Morgan fingerprint density at radius 3 is 2.95 bits per heavy atom. The molecule has 2 heterocycles. The molecule has 0 atom stereocenters. The van der Waals surface area contributed by atoms with E-state index >= 15 is 0 Å². The summed E-state index contributed by atoms with van der Waals surface area (Å²) in [5, 5.41) is 3.42. The van der Waals surface area contributed by atoms with E-state index in [2.05, 4.69) is 28.2 Å². The molecule has 0 saturated heterocycles. The highest BCUT2D eigenvalue weighted by Crippen LogP contribution is 2.01. The number of nitrogens with one attached hydrogen (secondary N) is 1. The summed E-state index contributed by atoms with van der Waals surface area (Å²) < 4.78 is 5.03. The van der Waals surface area contributed by atoms with E-state index in [0.717, 1.165) is 38.4 Å². The second kappa shape index (κ2) is 7.71. The van der Waals surface area contributed by atoms with Crippen molar-refractivity contribution in [3.05, 3.63) is 54.2 Å². The molecule has 1 N–H and O–H groups in total. The van der Waals surface area contributed by atoms with Crippen molar-refractivity contribution in [2.45, 2.75) is 20.0 Å². The maximum atomic E-state index is 5.03. The Morgan fingerprint density at radius 2 is 2.26 bits per heavy atom. The molecule has 0 aliphatic rings. The van der Waals surface area contributed by atoms with Crippen LogP contribution >= 0.6 is 0 Å². The van der Waals surface area contributed by atoms with Crippen LogP contribution in [0.15, 0.2) is 47.4 Å². The number of nitrogens with zero attached hydrogens (tertiary/aromatic N) is 2.